The maximum atomic E-state index is 6.70. The molecule has 0 saturated heterocycles. The Morgan fingerprint density at radius 2 is 0.438 bits per heavy atom. The van der Waals surface area contributed by atoms with Crippen molar-refractivity contribution in [2.75, 3.05) is 21.3 Å². The highest BCUT2D eigenvalue weighted by atomic mass is 16.8. The molecule has 0 fully saturated rings. The molecular formula is C45H72BN3O15. The molecule has 0 amide bonds. The van der Waals surface area contributed by atoms with E-state index in [0.717, 1.165) is 0 Å². The number of rotatable bonds is 27. The van der Waals surface area contributed by atoms with E-state index < -0.39 is 25.6 Å². The first-order chi connectivity index (χ1) is 30.0. The maximum Gasteiger partial charge on any atom is 0.867 e. The van der Waals surface area contributed by atoms with Crippen LogP contribution in [0.1, 0.15) is 125 Å². The van der Waals surface area contributed by atoms with Crippen LogP contribution in [0.3, 0.4) is 0 Å². The van der Waals surface area contributed by atoms with Gasteiger partial charge in [0.05, 0.1) is 76.3 Å². The molecule has 0 bridgehead atoms. The third-order valence-corrected chi connectivity index (χ3v) is 7.41. The molecule has 0 aliphatic heterocycles. The van der Waals surface area contributed by atoms with Crippen molar-refractivity contribution < 1.29 is 70.8 Å². The molecule has 360 valence electrons. The van der Waals surface area contributed by atoms with Gasteiger partial charge in [0.15, 0.2) is 0 Å². The Balaban J connectivity index is 2.61. The third-order valence-electron chi connectivity index (χ3n) is 7.41. The van der Waals surface area contributed by atoms with Crippen molar-refractivity contribution >= 4 is 7.32 Å². The van der Waals surface area contributed by atoms with E-state index in [-0.39, 0.29) is 124 Å². The number of pyridine rings is 3. The zero-order valence-electron chi connectivity index (χ0n) is 41.7. The van der Waals surface area contributed by atoms with Gasteiger partial charge in [0, 0.05) is 0 Å². The van der Waals surface area contributed by atoms with Crippen molar-refractivity contribution in [3.8, 4) is 87.0 Å². The number of ether oxygens (including phenoxy) is 12. The lowest BCUT2D eigenvalue weighted by atomic mass is 10.2. The van der Waals surface area contributed by atoms with Crippen molar-refractivity contribution in [2.45, 2.75) is 180 Å². The van der Waals surface area contributed by atoms with E-state index >= 15 is 0 Å². The second kappa shape index (κ2) is 24.0. The molecule has 0 atom stereocenters. The van der Waals surface area contributed by atoms with E-state index in [1.54, 1.807) is 0 Å². The van der Waals surface area contributed by atoms with Gasteiger partial charge in [0.25, 0.3) is 35.3 Å². The molecule has 19 heteroatoms. The summed E-state index contributed by atoms with van der Waals surface area (Å²) in [4.78, 5) is 14.3. The van der Waals surface area contributed by atoms with Gasteiger partial charge in [-0.05, 0) is 125 Å². The van der Waals surface area contributed by atoms with Crippen LogP contribution in [-0.2, 0) is 0 Å². The number of aromatic nitrogens is 3. The SMILES string of the molecule is COc1c(OC(C)C)nc(OB(Oc2nc(OC(C)C)c(OC)c(OC(C)C)c2OC(C)C)Oc2nc(OC(C)C)c(OC)c(OC(C)C)c2OC(C)C)c(OC(C)C)c1OC(C)C. The third kappa shape index (κ3) is 14.8. The average molecular weight is 906 g/mol. The first-order valence-electron chi connectivity index (χ1n) is 21.8. The fraction of sp³-hybridized carbons (Fsp3) is 0.667. The van der Waals surface area contributed by atoms with Gasteiger partial charge in [0.1, 0.15) is 0 Å². The molecule has 3 rings (SSSR count). The van der Waals surface area contributed by atoms with Crippen LogP contribution in [0.4, 0.5) is 0 Å². The minimum atomic E-state index is -1.88. The number of methoxy groups -OCH3 is 3. The van der Waals surface area contributed by atoms with Gasteiger partial charge < -0.3 is 70.8 Å². The van der Waals surface area contributed by atoms with Gasteiger partial charge in [-0.1, -0.05) is 0 Å². The Kier molecular flexibility index (Phi) is 19.8. The molecule has 0 spiro atoms. The summed E-state index contributed by atoms with van der Waals surface area (Å²) in [7, 11) is 2.55. The van der Waals surface area contributed by atoms with E-state index in [2.05, 4.69) is 0 Å². The van der Waals surface area contributed by atoms with E-state index in [4.69, 9.17) is 85.8 Å². The standard InChI is InChI=1S/C45H72BN3O15/c1-22(2)53-31-34(50-19)40(59-28(13)14)47-43(37(31)56-25(7)8)62-46(63-44-38(57-26(9)10)32(54-23(3)4)35(51-20)41(48-44)60-29(15)16)64-45-39(58-27(11)12)33(55-24(5)6)36(52-21)42(49-45)61-30(17)18/h22-30H,1-21H3. The van der Waals surface area contributed by atoms with Crippen molar-refractivity contribution in [2.24, 2.45) is 0 Å². The van der Waals surface area contributed by atoms with E-state index in [1.807, 2.05) is 125 Å². The van der Waals surface area contributed by atoms with Crippen LogP contribution in [0, 0.1) is 0 Å². The second-order valence-corrected chi connectivity index (χ2v) is 16.9. The average Bonchev–Trinajstić information content (AvgIpc) is 3.14. The van der Waals surface area contributed by atoms with E-state index in [9.17, 15) is 0 Å². The summed E-state index contributed by atoms with van der Waals surface area (Å²) >= 11 is 0. The summed E-state index contributed by atoms with van der Waals surface area (Å²) in [5, 5.41) is 0. The molecule has 64 heavy (non-hydrogen) atoms. The number of hydrogen-bond donors (Lipinski definition) is 0. The highest BCUT2D eigenvalue weighted by Gasteiger charge is 2.42. The first-order valence-corrected chi connectivity index (χ1v) is 21.8. The molecular weight excluding hydrogens is 833 g/mol. The van der Waals surface area contributed by atoms with Crippen molar-refractivity contribution in [3.63, 3.8) is 0 Å². The summed E-state index contributed by atoms with van der Waals surface area (Å²) in [6.07, 6.45) is -3.36. The first kappa shape index (κ1) is 52.9. The zero-order chi connectivity index (χ0) is 48.2. The predicted molar refractivity (Wildman–Crippen MR) is 242 cm³/mol. The van der Waals surface area contributed by atoms with Crippen LogP contribution < -0.4 is 70.8 Å². The highest BCUT2D eigenvalue weighted by Crippen LogP contribution is 2.53. The van der Waals surface area contributed by atoms with E-state index in [0.29, 0.717) is 0 Å². The Morgan fingerprint density at radius 1 is 0.250 bits per heavy atom. The molecule has 3 aromatic heterocycles. The molecule has 18 nitrogen and oxygen atoms in total. The molecule has 3 heterocycles. The largest absolute Gasteiger partial charge is 0.867 e. The Morgan fingerprint density at radius 3 is 0.609 bits per heavy atom. The fourth-order valence-corrected chi connectivity index (χ4v) is 5.56. The smallest absolute Gasteiger partial charge is 0.488 e. The lowest BCUT2D eigenvalue weighted by molar-refractivity contribution is 0.161. The van der Waals surface area contributed by atoms with Crippen molar-refractivity contribution in [3.05, 3.63) is 0 Å². The summed E-state index contributed by atoms with van der Waals surface area (Å²) in [6.45, 7) is 33.2. The van der Waals surface area contributed by atoms with Gasteiger partial charge in [-0.15, -0.1) is 0 Å². The van der Waals surface area contributed by atoms with Gasteiger partial charge in [0.2, 0.25) is 51.7 Å². The van der Waals surface area contributed by atoms with Gasteiger partial charge in [-0.2, -0.15) is 15.0 Å². The number of nitrogens with zero attached hydrogens (tertiary/aromatic N) is 3. The minimum Gasteiger partial charge on any atom is -0.488 e. The lowest BCUT2D eigenvalue weighted by Crippen LogP contribution is -2.38. The zero-order valence-corrected chi connectivity index (χ0v) is 41.7. The number of hydrogen-bond acceptors (Lipinski definition) is 18. The molecule has 0 saturated carbocycles. The molecule has 0 radical (unpaired) electrons. The Labute approximate surface area is 380 Å². The van der Waals surface area contributed by atoms with Crippen molar-refractivity contribution in [1.82, 2.24) is 15.0 Å². The molecule has 0 N–H and O–H groups in total. The van der Waals surface area contributed by atoms with Crippen LogP contribution in [-0.4, -0.2) is 98.5 Å². The van der Waals surface area contributed by atoms with Gasteiger partial charge in [-0.3, -0.25) is 0 Å². The van der Waals surface area contributed by atoms with Crippen LogP contribution in [0.15, 0.2) is 0 Å². The summed E-state index contributed by atoms with van der Waals surface area (Å²) in [5.74, 6) is 0.727. The maximum absolute atomic E-state index is 6.70. The van der Waals surface area contributed by atoms with Crippen LogP contribution in [0.5, 0.6) is 87.0 Å². The van der Waals surface area contributed by atoms with Crippen LogP contribution in [0.2, 0.25) is 0 Å². The quantitative estimate of drug-likeness (QED) is 0.0660. The Hall–Kier alpha value is -5.49. The van der Waals surface area contributed by atoms with Gasteiger partial charge in [-0.25, -0.2) is 0 Å². The molecule has 0 unspecified atom stereocenters. The molecule has 0 aliphatic carbocycles. The Bertz CT molecular complexity index is 1720. The summed E-state index contributed by atoms with van der Waals surface area (Å²) < 4.78 is 94.4. The molecule has 0 aromatic carbocycles. The molecule has 3 aromatic rings. The highest BCUT2D eigenvalue weighted by molar-refractivity contribution is 6.39. The monoisotopic (exact) mass is 906 g/mol. The normalized spacial score (nSPS) is 11.5. The lowest BCUT2D eigenvalue weighted by Gasteiger charge is -2.27. The van der Waals surface area contributed by atoms with Crippen LogP contribution >= 0.6 is 0 Å². The van der Waals surface area contributed by atoms with Gasteiger partial charge >= 0.3 is 7.32 Å². The van der Waals surface area contributed by atoms with Crippen LogP contribution in [0.25, 0.3) is 0 Å². The topological polar surface area (TPSA) is 177 Å². The predicted octanol–water partition coefficient (Wildman–Crippen LogP) is 9.50. The van der Waals surface area contributed by atoms with Crippen molar-refractivity contribution in [1.29, 1.82) is 0 Å². The van der Waals surface area contributed by atoms with E-state index in [1.165, 1.54) is 21.3 Å². The summed E-state index contributed by atoms with van der Waals surface area (Å²) in [6, 6.07) is 0. The second-order valence-electron chi connectivity index (χ2n) is 16.9. The molecule has 0 aliphatic rings. The minimum absolute atomic E-state index is 0.0382. The summed E-state index contributed by atoms with van der Waals surface area (Å²) in [5.41, 5.74) is 0. The fourth-order valence-electron chi connectivity index (χ4n) is 5.56.